The van der Waals surface area contributed by atoms with E-state index in [2.05, 4.69) is 98.9 Å². The fourth-order valence-corrected chi connectivity index (χ4v) is 5.23. The first-order valence-corrected chi connectivity index (χ1v) is 21.1. The van der Waals surface area contributed by atoms with Gasteiger partial charge in [-0.25, -0.2) is 4.79 Å². The van der Waals surface area contributed by atoms with E-state index in [1.54, 1.807) is 0 Å². The molecule has 318 valence electrons. The van der Waals surface area contributed by atoms with Crippen LogP contribution in [0.2, 0.25) is 0 Å². The molecular formula is C49H76NO7+. The molecule has 0 fully saturated rings. The molecule has 0 radical (unpaired) electrons. The van der Waals surface area contributed by atoms with Crippen molar-refractivity contribution < 1.29 is 38.2 Å². The van der Waals surface area contributed by atoms with Gasteiger partial charge in [0.05, 0.1) is 34.4 Å². The average Bonchev–Trinajstić information content (AvgIpc) is 3.17. The molecule has 0 spiro atoms. The Bertz CT molecular complexity index is 1340. The number of carbonyl (C=O) groups is 3. The lowest BCUT2D eigenvalue weighted by molar-refractivity contribution is -0.887. The summed E-state index contributed by atoms with van der Waals surface area (Å²) in [6.45, 7) is 4.33. The highest BCUT2D eigenvalue weighted by Crippen LogP contribution is 2.11. The van der Waals surface area contributed by atoms with Gasteiger partial charge in [0.15, 0.2) is 12.1 Å². The van der Waals surface area contributed by atoms with Gasteiger partial charge in [0.2, 0.25) is 0 Å². The van der Waals surface area contributed by atoms with Crippen LogP contribution in [-0.4, -0.2) is 80.6 Å². The lowest BCUT2D eigenvalue weighted by atomic mass is 10.1. The van der Waals surface area contributed by atoms with Gasteiger partial charge in [0.1, 0.15) is 6.61 Å². The molecule has 0 aromatic heterocycles. The van der Waals surface area contributed by atoms with E-state index in [4.69, 9.17) is 14.2 Å². The van der Waals surface area contributed by atoms with E-state index in [0.29, 0.717) is 19.3 Å². The number of rotatable bonds is 35. The molecule has 1 N–H and O–H groups in total. The maximum Gasteiger partial charge on any atom is 0.362 e. The van der Waals surface area contributed by atoms with Gasteiger partial charge in [-0.3, -0.25) is 9.59 Å². The molecule has 0 amide bonds. The summed E-state index contributed by atoms with van der Waals surface area (Å²) in [6, 6.07) is -0.638. The van der Waals surface area contributed by atoms with Crippen LogP contribution in [0.5, 0.6) is 0 Å². The highest BCUT2D eigenvalue weighted by atomic mass is 16.6. The minimum Gasteiger partial charge on any atom is -0.477 e. The predicted molar refractivity (Wildman–Crippen MR) is 238 cm³/mol. The van der Waals surface area contributed by atoms with E-state index >= 15 is 0 Å². The van der Waals surface area contributed by atoms with Gasteiger partial charge >= 0.3 is 17.9 Å². The first-order chi connectivity index (χ1) is 27.6. The van der Waals surface area contributed by atoms with Gasteiger partial charge in [-0.2, -0.15) is 0 Å². The van der Waals surface area contributed by atoms with Crippen molar-refractivity contribution in [1.82, 2.24) is 0 Å². The van der Waals surface area contributed by atoms with Gasteiger partial charge in [0, 0.05) is 19.3 Å². The molecule has 0 aliphatic rings. The number of unbranched alkanes of at least 4 members (excludes halogenated alkanes) is 4. The van der Waals surface area contributed by atoms with E-state index in [1.165, 1.54) is 0 Å². The number of aliphatic carboxylic acids is 1. The second-order valence-electron chi connectivity index (χ2n) is 14.6. The smallest absolute Gasteiger partial charge is 0.362 e. The Hall–Kier alpha value is -4.27. The quantitative estimate of drug-likeness (QED) is 0.0224. The van der Waals surface area contributed by atoms with E-state index in [9.17, 15) is 19.5 Å². The molecule has 0 saturated heterocycles. The van der Waals surface area contributed by atoms with Crippen LogP contribution in [-0.2, 0) is 28.6 Å². The third-order valence-electron chi connectivity index (χ3n) is 8.45. The van der Waals surface area contributed by atoms with Crippen molar-refractivity contribution in [1.29, 1.82) is 0 Å². The second-order valence-corrected chi connectivity index (χ2v) is 14.6. The van der Waals surface area contributed by atoms with Crippen molar-refractivity contribution in [2.45, 2.75) is 129 Å². The molecule has 0 aromatic carbocycles. The summed E-state index contributed by atoms with van der Waals surface area (Å²) in [5.41, 5.74) is 0. The minimum atomic E-state index is -0.897. The molecule has 8 heteroatoms. The lowest BCUT2D eigenvalue weighted by Crippen LogP contribution is -2.50. The Morgan fingerprint density at radius 2 is 1.04 bits per heavy atom. The van der Waals surface area contributed by atoms with Gasteiger partial charge in [-0.05, 0) is 77.0 Å². The zero-order valence-corrected chi connectivity index (χ0v) is 36.0. The Kier molecular flexibility index (Phi) is 35.7. The van der Waals surface area contributed by atoms with Crippen molar-refractivity contribution in [2.24, 2.45) is 0 Å². The number of ether oxygens (including phenoxy) is 3. The Labute approximate surface area is 346 Å². The highest BCUT2D eigenvalue weighted by molar-refractivity contribution is 5.72. The fourth-order valence-electron chi connectivity index (χ4n) is 5.23. The van der Waals surface area contributed by atoms with Crippen LogP contribution in [0.4, 0.5) is 0 Å². The van der Waals surface area contributed by atoms with Crippen LogP contribution in [0.1, 0.15) is 117 Å². The summed E-state index contributed by atoms with van der Waals surface area (Å²) in [6.07, 6.45) is 54.0. The van der Waals surface area contributed by atoms with Crippen LogP contribution in [0.15, 0.2) is 122 Å². The van der Waals surface area contributed by atoms with E-state index in [1.807, 2.05) is 57.6 Å². The summed E-state index contributed by atoms with van der Waals surface area (Å²) < 4.78 is 17.1. The Morgan fingerprint density at radius 3 is 1.58 bits per heavy atom. The molecule has 0 heterocycles. The zero-order chi connectivity index (χ0) is 42.1. The standard InChI is InChI=1S/C49H75NO7/c1-6-8-10-12-14-16-18-20-21-22-23-24-25-26-28-29-31-33-35-37-39-47(51)56-44-45(43-55-42-41-46(49(53)54)50(3,4)5)57-48(52)40-38-36-34-32-30-27-19-17-15-13-11-9-7-2/h8-11,13-17,19-21,23-24,26-28,30-31,33,45-46H,6-7,12,18,22,25,29,32,34-44H2,1-5H3/p+1/b10-8+,11-9+,15-13+,16-14+,19-17+,21-20+,24-23+,28-26+,30-27+,33-31+. The Balaban J connectivity index is 4.54. The lowest BCUT2D eigenvalue weighted by Gasteiger charge is -2.31. The number of likely N-dealkylation sites (N-methyl/N-ethyl adjacent to an activating group) is 1. The first kappa shape index (κ1) is 52.7. The molecule has 8 nitrogen and oxygen atoms in total. The summed E-state index contributed by atoms with van der Waals surface area (Å²) in [5.74, 6) is -1.62. The molecule has 2 atom stereocenters. The van der Waals surface area contributed by atoms with Crippen LogP contribution in [0.25, 0.3) is 0 Å². The largest absolute Gasteiger partial charge is 0.477 e. The van der Waals surface area contributed by atoms with Gasteiger partial charge < -0.3 is 23.8 Å². The number of esters is 2. The van der Waals surface area contributed by atoms with Crippen molar-refractivity contribution in [2.75, 3.05) is 41.0 Å². The number of carboxylic acids is 1. The van der Waals surface area contributed by atoms with Crippen LogP contribution < -0.4 is 0 Å². The molecule has 0 aliphatic carbocycles. The number of quaternary nitrogens is 1. The van der Waals surface area contributed by atoms with E-state index in [-0.39, 0.29) is 49.1 Å². The molecule has 0 saturated carbocycles. The van der Waals surface area contributed by atoms with Gasteiger partial charge in [-0.15, -0.1) is 0 Å². The number of carbonyl (C=O) groups excluding carboxylic acids is 2. The third-order valence-corrected chi connectivity index (χ3v) is 8.45. The van der Waals surface area contributed by atoms with E-state index in [0.717, 1.165) is 70.6 Å². The number of hydrogen-bond acceptors (Lipinski definition) is 6. The summed E-state index contributed by atoms with van der Waals surface area (Å²) in [7, 11) is 5.47. The van der Waals surface area contributed by atoms with E-state index < -0.39 is 18.1 Å². The number of hydrogen-bond donors (Lipinski definition) is 1. The van der Waals surface area contributed by atoms with Crippen molar-refractivity contribution in [3.8, 4) is 0 Å². The zero-order valence-electron chi connectivity index (χ0n) is 36.0. The topological polar surface area (TPSA) is 99.1 Å². The summed E-state index contributed by atoms with van der Waals surface area (Å²) >= 11 is 0. The number of allylic oxidation sites excluding steroid dienone is 20. The van der Waals surface area contributed by atoms with Crippen molar-refractivity contribution in [3.63, 3.8) is 0 Å². The molecular weight excluding hydrogens is 715 g/mol. The van der Waals surface area contributed by atoms with Gasteiger partial charge in [-0.1, -0.05) is 142 Å². The molecule has 0 aliphatic heterocycles. The SMILES string of the molecule is CC/C=C/C=C/C=C/C=C/CCCCCC(=O)OC(COCCC(C(=O)O)[N+](C)(C)C)COC(=O)CCC/C=C/C/C=C/C/C=C/C/C=C/C/C=C/C/C=C/CC. The number of carboxylic acid groups (broad SMARTS) is 1. The summed E-state index contributed by atoms with van der Waals surface area (Å²) in [4.78, 5) is 36.9. The van der Waals surface area contributed by atoms with Gasteiger partial charge in [0.25, 0.3) is 0 Å². The van der Waals surface area contributed by atoms with Crippen LogP contribution >= 0.6 is 0 Å². The third kappa shape index (κ3) is 37.1. The highest BCUT2D eigenvalue weighted by Gasteiger charge is 2.31. The fraction of sp³-hybridized carbons (Fsp3) is 0.531. The Morgan fingerprint density at radius 1 is 0.544 bits per heavy atom. The summed E-state index contributed by atoms with van der Waals surface area (Å²) in [5, 5.41) is 9.61. The molecule has 0 aromatic rings. The van der Waals surface area contributed by atoms with Crippen LogP contribution in [0, 0.1) is 0 Å². The molecule has 0 rings (SSSR count). The second kappa shape index (κ2) is 38.6. The maximum atomic E-state index is 12.7. The van der Waals surface area contributed by atoms with Crippen LogP contribution in [0.3, 0.4) is 0 Å². The normalized spacial score (nSPS) is 14.2. The first-order valence-electron chi connectivity index (χ1n) is 21.1. The number of nitrogens with zero attached hydrogens (tertiary/aromatic N) is 1. The minimum absolute atomic E-state index is 0.0173. The molecule has 2 unspecified atom stereocenters. The van der Waals surface area contributed by atoms with Crippen molar-refractivity contribution >= 4 is 17.9 Å². The molecule has 57 heavy (non-hydrogen) atoms. The van der Waals surface area contributed by atoms with Crippen molar-refractivity contribution in [3.05, 3.63) is 122 Å². The monoisotopic (exact) mass is 791 g/mol. The maximum absolute atomic E-state index is 12.7. The average molecular weight is 791 g/mol. The molecule has 0 bridgehead atoms. The predicted octanol–water partition coefficient (Wildman–Crippen LogP) is 11.5.